The van der Waals surface area contributed by atoms with Crippen molar-refractivity contribution in [3.8, 4) is 11.5 Å². The van der Waals surface area contributed by atoms with Crippen molar-refractivity contribution in [2.24, 2.45) is 0 Å². The van der Waals surface area contributed by atoms with Gasteiger partial charge < -0.3 is 9.47 Å². The quantitative estimate of drug-likeness (QED) is 0.534. The molecule has 0 aliphatic heterocycles. The third kappa shape index (κ3) is 3.67. The summed E-state index contributed by atoms with van der Waals surface area (Å²) < 4.78 is 36.3. The maximum Gasteiger partial charge on any atom is 0.519 e. The fraction of sp³-hybridized carbons (Fsp3) is 0.133. The topological polar surface area (TPSA) is 35.5 Å². The van der Waals surface area contributed by atoms with Crippen molar-refractivity contribution in [3.05, 3.63) is 57.1 Å². The molecule has 0 aliphatic carbocycles. The van der Waals surface area contributed by atoms with Gasteiger partial charge in [-0.15, -0.1) is 0 Å². The van der Waals surface area contributed by atoms with Crippen LogP contribution in [0, 0.1) is 25.5 Å². The monoisotopic (exact) mass is 346 g/mol. The van der Waals surface area contributed by atoms with Crippen LogP contribution in [0.5, 0.6) is 11.5 Å². The van der Waals surface area contributed by atoms with Crippen LogP contribution in [0.3, 0.4) is 0 Å². The third-order valence-corrected chi connectivity index (χ3v) is 3.40. The first-order valence-corrected chi connectivity index (χ1v) is 6.84. The number of benzene rings is 2. The van der Waals surface area contributed by atoms with E-state index in [9.17, 15) is 13.6 Å². The first-order valence-electron chi connectivity index (χ1n) is 6.09. The molecule has 0 amide bonds. The van der Waals surface area contributed by atoms with E-state index in [1.807, 2.05) is 0 Å². The summed E-state index contributed by atoms with van der Waals surface area (Å²) in [7, 11) is 0. The molecule has 0 saturated heterocycles. The molecular formula is C15H10Cl2F2O3. The van der Waals surface area contributed by atoms with Gasteiger partial charge in [0.15, 0.2) is 11.5 Å². The number of carbonyl (C=O) groups is 1. The molecule has 0 aromatic heterocycles. The average Bonchev–Trinajstić information content (AvgIpc) is 2.42. The van der Waals surface area contributed by atoms with E-state index in [1.54, 1.807) is 0 Å². The lowest BCUT2D eigenvalue weighted by Crippen LogP contribution is -2.14. The Bertz CT molecular complexity index is 687. The first-order chi connectivity index (χ1) is 10.3. The van der Waals surface area contributed by atoms with Gasteiger partial charge in [-0.1, -0.05) is 23.2 Å². The molecule has 2 aromatic rings. The average molecular weight is 347 g/mol. The Kier molecular flexibility index (Phi) is 4.88. The maximum absolute atomic E-state index is 13.3. The van der Waals surface area contributed by atoms with Crippen molar-refractivity contribution >= 4 is 29.4 Å². The molecule has 0 fully saturated rings. The molecule has 0 N–H and O–H groups in total. The predicted octanol–water partition coefficient (Wildman–Crippen LogP) is 5.47. The molecule has 22 heavy (non-hydrogen) atoms. The normalized spacial score (nSPS) is 10.5. The Morgan fingerprint density at radius 2 is 1.23 bits per heavy atom. The van der Waals surface area contributed by atoms with Crippen LogP contribution in [0.4, 0.5) is 13.6 Å². The number of ether oxygens (including phenoxy) is 2. The van der Waals surface area contributed by atoms with Crippen LogP contribution in [0.15, 0.2) is 24.3 Å². The van der Waals surface area contributed by atoms with Gasteiger partial charge in [-0.25, -0.2) is 13.6 Å². The lowest BCUT2D eigenvalue weighted by molar-refractivity contribution is 0.152. The van der Waals surface area contributed by atoms with Gasteiger partial charge in [0.25, 0.3) is 0 Å². The highest BCUT2D eigenvalue weighted by Crippen LogP contribution is 2.30. The van der Waals surface area contributed by atoms with Crippen molar-refractivity contribution < 1.29 is 23.0 Å². The summed E-state index contributed by atoms with van der Waals surface area (Å²) in [5, 5.41) is -0.164. The number of hydrogen-bond donors (Lipinski definition) is 0. The largest absolute Gasteiger partial charge is 0.519 e. The molecule has 0 heterocycles. The minimum absolute atomic E-state index is 0.0551. The number of hydrogen-bond acceptors (Lipinski definition) is 3. The smallest absolute Gasteiger partial charge is 0.393 e. The Morgan fingerprint density at radius 3 is 1.59 bits per heavy atom. The summed E-state index contributed by atoms with van der Waals surface area (Å²) in [6.45, 7) is 2.98. The molecule has 116 valence electrons. The first kappa shape index (κ1) is 16.5. The van der Waals surface area contributed by atoms with Crippen LogP contribution in [0.1, 0.15) is 11.1 Å². The van der Waals surface area contributed by atoms with Crippen molar-refractivity contribution in [2.45, 2.75) is 13.8 Å². The van der Waals surface area contributed by atoms with Crippen LogP contribution in [-0.4, -0.2) is 6.16 Å². The molecule has 0 radical (unpaired) electrons. The summed E-state index contributed by atoms with van der Waals surface area (Å²) in [6.07, 6.45) is -1.12. The predicted molar refractivity (Wildman–Crippen MR) is 78.9 cm³/mol. The molecule has 0 atom stereocenters. The molecule has 3 nitrogen and oxygen atoms in total. The zero-order valence-corrected chi connectivity index (χ0v) is 13.1. The molecule has 0 aliphatic rings. The number of aryl methyl sites for hydroxylation is 2. The standard InChI is InChI=1S/C15H10Cl2F2O3/c1-7-3-13(9(16)5-11(7)18)21-15(20)22-14-4-8(2)12(19)6-10(14)17/h3-6H,1-2H3. The molecular weight excluding hydrogens is 337 g/mol. The second-order valence-electron chi connectivity index (χ2n) is 4.52. The van der Waals surface area contributed by atoms with Gasteiger partial charge in [0.05, 0.1) is 10.0 Å². The van der Waals surface area contributed by atoms with Crippen LogP contribution < -0.4 is 9.47 Å². The molecule has 2 rings (SSSR count). The van der Waals surface area contributed by atoms with Gasteiger partial charge in [-0.3, -0.25) is 0 Å². The van der Waals surface area contributed by atoms with Gasteiger partial charge >= 0.3 is 6.16 Å². The summed E-state index contributed by atoms with van der Waals surface area (Å²) in [5.41, 5.74) is 0.505. The van der Waals surface area contributed by atoms with E-state index in [1.165, 1.54) is 26.0 Å². The van der Waals surface area contributed by atoms with Crippen molar-refractivity contribution in [1.29, 1.82) is 0 Å². The summed E-state index contributed by atoms with van der Waals surface area (Å²) >= 11 is 11.6. The zero-order valence-electron chi connectivity index (χ0n) is 11.5. The van der Waals surface area contributed by atoms with Crippen LogP contribution >= 0.6 is 23.2 Å². The Morgan fingerprint density at radius 1 is 0.864 bits per heavy atom. The van der Waals surface area contributed by atoms with E-state index in [4.69, 9.17) is 32.7 Å². The summed E-state index contributed by atoms with van der Waals surface area (Å²) in [6, 6.07) is 4.57. The van der Waals surface area contributed by atoms with Crippen molar-refractivity contribution in [2.75, 3.05) is 0 Å². The van der Waals surface area contributed by atoms with Crippen LogP contribution in [0.25, 0.3) is 0 Å². The van der Waals surface area contributed by atoms with E-state index >= 15 is 0 Å². The Balaban J connectivity index is 2.17. The number of carbonyl (C=O) groups excluding carboxylic acids is 1. The third-order valence-electron chi connectivity index (χ3n) is 2.81. The Hall–Kier alpha value is -1.85. The van der Waals surface area contributed by atoms with E-state index in [0.717, 1.165) is 12.1 Å². The SMILES string of the molecule is Cc1cc(OC(=O)Oc2cc(C)c(F)cc2Cl)c(Cl)cc1F. The van der Waals surface area contributed by atoms with Crippen LogP contribution in [-0.2, 0) is 0 Å². The maximum atomic E-state index is 13.3. The molecule has 0 spiro atoms. The molecule has 0 saturated carbocycles. The minimum Gasteiger partial charge on any atom is -0.393 e. The lowest BCUT2D eigenvalue weighted by Gasteiger charge is -2.10. The highest BCUT2D eigenvalue weighted by atomic mass is 35.5. The van der Waals surface area contributed by atoms with E-state index in [0.29, 0.717) is 0 Å². The summed E-state index contributed by atoms with van der Waals surface area (Å²) in [4.78, 5) is 11.7. The van der Waals surface area contributed by atoms with E-state index in [-0.39, 0.29) is 32.7 Å². The van der Waals surface area contributed by atoms with E-state index in [2.05, 4.69) is 0 Å². The van der Waals surface area contributed by atoms with E-state index < -0.39 is 17.8 Å². The van der Waals surface area contributed by atoms with Crippen LogP contribution in [0.2, 0.25) is 10.0 Å². The van der Waals surface area contributed by atoms with Gasteiger partial charge in [0.1, 0.15) is 11.6 Å². The second-order valence-corrected chi connectivity index (χ2v) is 5.33. The molecule has 7 heteroatoms. The van der Waals surface area contributed by atoms with Gasteiger partial charge in [-0.05, 0) is 49.2 Å². The lowest BCUT2D eigenvalue weighted by atomic mass is 10.2. The second kappa shape index (κ2) is 6.50. The molecule has 0 unspecified atom stereocenters. The van der Waals surface area contributed by atoms with Gasteiger partial charge in [-0.2, -0.15) is 0 Å². The van der Waals surface area contributed by atoms with Gasteiger partial charge in [0, 0.05) is 0 Å². The highest BCUT2D eigenvalue weighted by Gasteiger charge is 2.16. The minimum atomic E-state index is -1.12. The highest BCUT2D eigenvalue weighted by molar-refractivity contribution is 6.32. The number of rotatable bonds is 2. The fourth-order valence-electron chi connectivity index (χ4n) is 1.62. The van der Waals surface area contributed by atoms with Crippen molar-refractivity contribution in [3.63, 3.8) is 0 Å². The summed E-state index contributed by atoms with van der Waals surface area (Å²) in [5.74, 6) is -1.16. The zero-order chi connectivity index (χ0) is 16.4. The van der Waals surface area contributed by atoms with Crippen molar-refractivity contribution in [1.82, 2.24) is 0 Å². The Labute approximate surface area is 135 Å². The molecule has 0 bridgehead atoms. The van der Waals surface area contributed by atoms with Gasteiger partial charge in [0.2, 0.25) is 0 Å². The molecule has 2 aromatic carbocycles. The fourth-order valence-corrected chi connectivity index (χ4v) is 2.00. The number of halogens is 4.